The van der Waals surface area contributed by atoms with Crippen molar-refractivity contribution in [2.45, 2.75) is 6.61 Å². The number of hydrogen-bond donors (Lipinski definition) is 0. The Bertz CT molecular complexity index is 839. The summed E-state index contributed by atoms with van der Waals surface area (Å²) in [5, 5.41) is 9.41. The van der Waals surface area contributed by atoms with Gasteiger partial charge in [-0.15, -0.1) is 0 Å². The highest BCUT2D eigenvalue weighted by Gasteiger charge is 2.06. The predicted molar refractivity (Wildman–Crippen MR) is 90.2 cm³/mol. The van der Waals surface area contributed by atoms with Gasteiger partial charge in [-0.2, -0.15) is 5.26 Å². The molecule has 1 heterocycles. The first-order valence-corrected chi connectivity index (χ1v) is 7.47. The van der Waals surface area contributed by atoms with Crippen molar-refractivity contribution < 1.29 is 4.74 Å². The largest absolute Gasteiger partial charge is 0.473 e. The lowest BCUT2D eigenvalue weighted by atomic mass is 10.1. The molecule has 0 N–H and O–H groups in total. The average molecular weight is 321 g/mol. The van der Waals surface area contributed by atoms with Crippen LogP contribution in [-0.2, 0) is 6.61 Å². The quantitative estimate of drug-likeness (QED) is 0.690. The van der Waals surface area contributed by atoms with Crippen molar-refractivity contribution in [1.82, 2.24) is 4.98 Å². The van der Waals surface area contributed by atoms with E-state index in [1.54, 1.807) is 18.3 Å². The van der Waals surface area contributed by atoms with Crippen LogP contribution in [0, 0.1) is 11.3 Å². The molecule has 0 bridgehead atoms. The first kappa shape index (κ1) is 15.1. The van der Waals surface area contributed by atoms with Crippen molar-refractivity contribution in [3.63, 3.8) is 0 Å². The maximum Gasteiger partial charge on any atom is 0.213 e. The highest BCUT2D eigenvalue weighted by atomic mass is 35.5. The van der Waals surface area contributed by atoms with E-state index in [1.165, 1.54) is 0 Å². The number of hydrogen-bond acceptors (Lipinski definition) is 3. The van der Waals surface area contributed by atoms with E-state index in [-0.39, 0.29) is 0 Å². The van der Waals surface area contributed by atoms with Crippen LogP contribution in [0.15, 0.2) is 66.9 Å². The third-order valence-electron chi connectivity index (χ3n) is 3.38. The minimum Gasteiger partial charge on any atom is -0.473 e. The summed E-state index contributed by atoms with van der Waals surface area (Å²) in [6.07, 6.45) is 1.72. The molecule has 0 atom stereocenters. The maximum atomic E-state index is 8.88. The van der Waals surface area contributed by atoms with Gasteiger partial charge in [0.25, 0.3) is 0 Å². The topological polar surface area (TPSA) is 45.9 Å². The number of nitrogens with zero attached hydrogens (tertiary/aromatic N) is 2. The first-order chi connectivity index (χ1) is 11.3. The number of ether oxygens (including phenoxy) is 1. The molecule has 0 aliphatic carbocycles. The molecule has 0 fully saturated rings. The van der Waals surface area contributed by atoms with Gasteiger partial charge in [-0.3, -0.25) is 0 Å². The molecule has 23 heavy (non-hydrogen) atoms. The summed E-state index contributed by atoms with van der Waals surface area (Å²) in [7, 11) is 0. The Kier molecular flexibility index (Phi) is 4.56. The minimum absolute atomic E-state index is 0.477. The molecule has 3 nitrogen and oxygen atoms in total. The molecule has 0 amide bonds. The molecule has 0 unspecified atom stereocenters. The summed E-state index contributed by atoms with van der Waals surface area (Å²) in [4.78, 5) is 4.31. The van der Waals surface area contributed by atoms with E-state index in [9.17, 15) is 0 Å². The summed E-state index contributed by atoms with van der Waals surface area (Å²) in [6, 6.07) is 20.9. The number of pyridine rings is 1. The molecule has 0 radical (unpaired) electrons. The molecular weight excluding hydrogens is 308 g/mol. The number of halogens is 1. The second kappa shape index (κ2) is 6.95. The van der Waals surface area contributed by atoms with Gasteiger partial charge in [-0.25, -0.2) is 4.98 Å². The summed E-state index contributed by atoms with van der Waals surface area (Å²) < 4.78 is 5.66. The summed E-state index contributed by atoms with van der Waals surface area (Å²) in [6.45, 7) is 0.477. The van der Waals surface area contributed by atoms with Crippen molar-refractivity contribution in [3.05, 3.63) is 83.0 Å². The van der Waals surface area contributed by atoms with E-state index in [0.29, 0.717) is 23.1 Å². The van der Waals surface area contributed by atoms with Crippen molar-refractivity contribution in [2.24, 2.45) is 0 Å². The van der Waals surface area contributed by atoms with Crippen LogP contribution in [0.3, 0.4) is 0 Å². The zero-order chi connectivity index (χ0) is 16.1. The Labute approximate surface area is 139 Å². The van der Waals surface area contributed by atoms with Gasteiger partial charge in [-0.1, -0.05) is 48.0 Å². The Balaban J connectivity index is 1.73. The standard InChI is InChI=1S/C19H13ClN2O/c20-18-10-15(11-21)6-8-17(18)16-7-9-19(22-12-16)23-13-14-4-2-1-3-5-14/h1-10,12H,13H2. The normalized spacial score (nSPS) is 10.1. The zero-order valence-electron chi connectivity index (χ0n) is 12.2. The predicted octanol–water partition coefficient (Wildman–Crippen LogP) is 4.85. The average Bonchev–Trinajstić information content (AvgIpc) is 2.61. The molecule has 3 aromatic rings. The Hall–Kier alpha value is -2.83. The molecule has 0 saturated heterocycles. The van der Waals surface area contributed by atoms with Gasteiger partial charge in [0.15, 0.2) is 0 Å². The van der Waals surface area contributed by atoms with Crippen LogP contribution in [0.25, 0.3) is 11.1 Å². The number of nitriles is 1. The van der Waals surface area contributed by atoms with Crippen molar-refractivity contribution in [2.75, 3.05) is 0 Å². The van der Waals surface area contributed by atoms with Gasteiger partial charge >= 0.3 is 0 Å². The monoisotopic (exact) mass is 320 g/mol. The zero-order valence-corrected chi connectivity index (χ0v) is 13.0. The van der Waals surface area contributed by atoms with E-state index in [1.807, 2.05) is 48.5 Å². The SMILES string of the molecule is N#Cc1ccc(-c2ccc(OCc3ccccc3)nc2)c(Cl)c1. The fourth-order valence-corrected chi connectivity index (χ4v) is 2.46. The second-order valence-corrected chi connectivity index (χ2v) is 5.37. The van der Waals surface area contributed by atoms with E-state index in [4.69, 9.17) is 21.6 Å². The molecular formula is C19H13ClN2O. The summed E-state index contributed by atoms with van der Waals surface area (Å²) in [5.74, 6) is 0.558. The highest BCUT2D eigenvalue weighted by Crippen LogP contribution is 2.29. The van der Waals surface area contributed by atoms with Gasteiger partial charge in [0.05, 0.1) is 11.6 Å². The first-order valence-electron chi connectivity index (χ1n) is 7.09. The number of aromatic nitrogens is 1. The lowest BCUT2D eigenvalue weighted by molar-refractivity contribution is 0.294. The molecule has 0 spiro atoms. The van der Waals surface area contributed by atoms with Gasteiger partial charge in [0.2, 0.25) is 5.88 Å². The van der Waals surface area contributed by atoms with E-state index >= 15 is 0 Å². The van der Waals surface area contributed by atoms with Crippen LogP contribution in [0.2, 0.25) is 5.02 Å². The summed E-state index contributed by atoms with van der Waals surface area (Å²) >= 11 is 6.21. The smallest absolute Gasteiger partial charge is 0.213 e. The molecule has 112 valence electrons. The molecule has 1 aromatic heterocycles. The van der Waals surface area contributed by atoms with Crippen molar-refractivity contribution >= 4 is 11.6 Å². The van der Waals surface area contributed by atoms with Gasteiger partial charge in [0.1, 0.15) is 6.61 Å². The van der Waals surface area contributed by atoms with Crippen LogP contribution in [-0.4, -0.2) is 4.98 Å². The van der Waals surface area contributed by atoms with E-state index < -0.39 is 0 Å². The van der Waals surface area contributed by atoms with Gasteiger partial charge < -0.3 is 4.74 Å². The fourth-order valence-electron chi connectivity index (χ4n) is 2.18. The third-order valence-corrected chi connectivity index (χ3v) is 3.69. The summed E-state index contributed by atoms with van der Waals surface area (Å²) in [5.41, 5.74) is 3.35. The lowest BCUT2D eigenvalue weighted by Crippen LogP contribution is -1.96. The van der Waals surface area contributed by atoms with Crippen LogP contribution in [0.5, 0.6) is 5.88 Å². The van der Waals surface area contributed by atoms with Crippen molar-refractivity contribution in [3.8, 4) is 23.1 Å². The van der Waals surface area contributed by atoms with Crippen LogP contribution in [0.4, 0.5) is 0 Å². The molecule has 0 saturated carbocycles. The van der Waals surface area contributed by atoms with Crippen LogP contribution < -0.4 is 4.74 Å². The lowest BCUT2D eigenvalue weighted by Gasteiger charge is -2.08. The van der Waals surface area contributed by atoms with Gasteiger partial charge in [0, 0.05) is 28.4 Å². The Morgan fingerprint density at radius 2 is 1.87 bits per heavy atom. The maximum absolute atomic E-state index is 8.88. The molecule has 0 aliphatic rings. The van der Waals surface area contributed by atoms with Crippen LogP contribution >= 0.6 is 11.6 Å². The van der Waals surface area contributed by atoms with Crippen molar-refractivity contribution in [1.29, 1.82) is 5.26 Å². The molecule has 0 aliphatic heterocycles. The second-order valence-electron chi connectivity index (χ2n) is 4.97. The molecule has 4 heteroatoms. The Morgan fingerprint density at radius 1 is 1.04 bits per heavy atom. The molecule has 3 rings (SSSR count). The van der Waals surface area contributed by atoms with Gasteiger partial charge in [-0.05, 0) is 23.8 Å². The van der Waals surface area contributed by atoms with E-state index in [2.05, 4.69) is 11.1 Å². The van der Waals surface area contributed by atoms with E-state index in [0.717, 1.165) is 16.7 Å². The third kappa shape index (κ3) is 3.68. The fraction of sp³-hybridized carbons (Fsp3) is 0.0526. The number of benzene rings is 2. The number of rotatable bonds is 4. The van der Waals surface area contributed by atoms with Crippen LogP contribution in [0.1, 0.15) is 11.1 Å². The highest BCUT2D eigenvalue weighted by molar-refractivity contribution is 6.33. The Morgan fingerprint density at radius 3 is 2.52 bits per heavy atom. The molecule has 2 aromatic carbocycles. The minimum atomic E-state index is 0.477.